The van der Waals surface area contributed by atoms with Crippen LogP contribution in [-0.4, -0.2) is 46.1 Å². The Morgan fingerprint density at radius 3 is 2.15 bits per heavy atom. The number of amides is 3. The second-order valence-electron chi connectivity index (χ2n) is 13.5. The summed E-state index contributed by atoms with van der Waals surface area (Å²) in [6.07, 6.45) is 5.32. The van der Waals surface area contributed by atoms with Crippen molar-refractivity contribution in [2.45, 2.75) is 111 Å². The van der Waals surface area contributed by atoms with Crippen LogP contribution in [0.4, 0.5) is 10.5 Å². The van der Waals surface area contributed by atoms with Crippen LogP contribution in [0.3, 0.4) is 0 Å². The van der Waals surface area contributed by atoms with Crippen LogP contribution >= 0.6 is 11.6 Å². The predicted octanol–water partition coefficient (Wildman–Crippen LogP) is 8.98. The fourth-order valence-electron chi connectivity index (χ4n) is 5.65. The number of hydrogen-bond donors (Lipinski definition) is 3. The number of carbonyl (C=O) groups excluding carboxylic acids is 3. The lowest BCUT2D eigenvalue weighted by Gasteiger charge is -2.35. The van der Waals surface area contributed by atoms with Crippen LogP contribution in [0.15, 0.2) is 60.7 Å². The molecule has 8 nitrogen and oxygen atoms in total. The maximum absolute atomic E-state index is 14.9. The molecule has 0 saturated carbocycles. The predicted molar refractivity (Wildman–Crippen MR) is 194 cm³/mol. The summed E-state index contributed by atoms with van der Waals surface area (Å²) in [4.78, 5) is 44.2. The number of halogens is 1. The lowest BCUT2D eigenvalue weighted by Crippen LogP contribution is -2.53. The average Bonchev–Trinajstić information content (AvgIpc) is 3.01. The number of nitrogens with one attached hydrogen (secondary N) is 2. The summed E-state index contributed by atoms with van der Waals surface area (Å²) in [7, 11) is 0. The van der Waals surface area contributed by atoms with Gasteiger partial charge in [0.1, 0.15) is 23.4 Å². The van der Waals surface area contributed by atoms with E-state index in [1.54, 1.807) is 43.9 Å². The van der Waals surface area contributed by atoms with E-state index in [1.165, 1.54) is 12.1 Å². The number of phenolic OH excluding ortho intramolecular Hbond substituents is 1. The molecule has 3 amide bonds. The number of nitrogens with zero attached hydrogens (tertiary/aromatic N) is 1. The number of ether oxygens (including phenoxy) is 1. The zero-order chi connectivity index (χ0) is 35.4. The molecule has 0 fully saturated rings. The molecular formula is C39H52ClN3O5. The van der Waals surface area contributed by atoms with Gasteiger partial charge in [0, 0.05) is 13.0 Å². The van der Waals surface area contributed by atoms with Crippen LogP contribution in [0.1, 0.15) is 100 Å². The van der Waals surface area contributed by atoms with E-state index in [4.69, 9.17) is 16.3 Å². The van der Waals surface area contributed by atoms with Crippen molar-refractivity contribution in [2.75, 3.05) is 11.9 Å². The lowest BCUT2D eigenvalue weighted by atomic mass is 9.94. The normalized spacial score (nSPS) is 12.6. The molecule has 0 aromatic heterocycles. The quantitative estimate of drug-likeness (QED) is 0.139. The highest BCUT2D eigenvalue weighted by Gasteiger charge is 2.37. The number of anilines is 1. The third-order valence-corrected chi connectivity index (χ3v) is 8.69. The highest BCUT2D eigenvalue weighted by atomic mass is 35.5. The van der Waals surface area contributed by atoms with Crippen molar-refractivity contribution in [1.82, 2.24) is 10.2 Å². The number of para-hydroxylation sites is 1. The fourth-order valence-corrected chi connectivity index (χ4v) is 5.92. The van der Waals surface area contributed by atoms with Crippen molar-refractivity contribution >= 4 is 35.2 Å². The molecule has 2 atom stereocenters. The van der Waals surface area contributed by atoms with Crippen molar-refractivity contribution in [2.24, 2.45) is 0 Å². The van der Waals surface area contributed by atoms with E-state index < -0.39 is 35.6 Å². The van der Waals surface area contributed by atoms with Gasteiger partial charge in [0.25, 0.3) is 5.91 Å². The summed E-state index contributed by atoms with van der Waals surface area (Å²) in [5.41, 5.74) is 3.78. The Bertz CT molecular complexity index is 1510. The number of carbonyl (C=O) groups is 3. The molecule has 3 aromatic carbocycles. The third kappa shape index (κ3) is 11.3. The number of hydrogen-bond acceptors (Lipinski definition) is 5. The Hall–Kier alpha value is -4.04. The molecular weight excluding hydrogens is 626 g/mol. The minimum atomic E-state index is -1.06. The molecule has 48 heavy (non-hydrogen) atoms. The lowest BCUT2D eigenvalue weighted by molar-refractivity contribution is -0.140. The summed E-state index contributed by atoms with van der Waals surface area (Å²) in [5, 5.41) is 16.1. The summed E-state index contributed by atoms with van der Waals surface area (Å²) >= 11 is 6.55. The molecule has 0 heterocycles. The summed E-state index contributed by atoms with van der Waals surface area (Å²) < 4.78 is 5.57. The molecule has 0 saturated heterocycles. The van der Waals surface area contributed by atoms with Crippen LogP contribution < -0.4 is 10.6 Å². The Labute approximate surface area is 291 Å². The maximum atomic E-state index is 14.9. The van der Waals surface area contributed by atoms with Gasteiger partial charge in [0.15, 0.2) is 0 Å². The first-order chi connectivity index (χ1) is 22.7. The average molecular weight is 678 g/mol. The molecule has 0 radical (unpaired) electrons. The zero-order valence-corrected chi connectivity index (χ0v) is 30.2. The van der Waals surface area contributed by atoms with Crippen LogP contribution in [0.25, 0.3) is 0 Å². The topological polar surface area (TPSA) is 108 Å². The van der Waals surface area contributed by atoms with E-state index in [1.807, 2.05) is 51.1 Å². The van der Waals surface area contributed by atoms with Crippen molar-refractivity contribution in [1.29, 1.82) is 0 Å². The Morgan fingerprint density at radius 1 is 0.875 bits per heavy atom. The number of alkyl carbamates (subject to hydrolysis) is 1. The first kappa shape index (κ1) is 38.4. The van der Waals surface area contributed by atoms with Crippen LogP contribution in [0, 0.1) is 20.8 Å². The van der Waals surface area contributed by atoms with Gasteiger partial charge < -0.3 is 25.4 Å². The molecule has 0 aliphatic carbocycles. The Morgan fingerprint density at radius 2 is 1.50 bits per heavy atom. The Balaban J connectivity index is 2.13. The number of unbranched alkanes of at least 4 members (excludes halogenated alkanes) is 5. The summed E-state index contributed by atoms with van der Waals surface area (Å²) in [6, 6.07) is 15.6. The van der Waals surface area contributed by atoms with Crippen molar-refractivity contribution < 1.29 is 24.2 Å². The fraction of sp³-hybridized carbons (Fsp3) is 0.462. The summed E-state index contributed by atoms with van der Waals surface area (Å²) in [6.45, 7) is 13.5. The van der Waals surface area contributed by atoms with E-state index in [9.17, 15) is 19.5 Å². The van der Waals surface area contributed by atoms with Crippen molar-refractivity contribution in [3.8, 4) is 5.75 Å². The van der Waals surface area contributed by atoms with Crippen LogP contribution in [0.5, 0.6) is 5.75 Å². The van der Waals surface area contributed by atoms with Crippen LogP contribution in [0.2, 0.25) is 5.02 Å². The first-order valence-corrected chi connectivity index (χ1v) is 17.3. The highest BCUT2D eigenvalue weighted by Crippen LogP contribution is 2.32. The van der Waals surface area contributed by atoms with Gasteiger partial charge in [-0.05, 0) is 94.0 Å². The molecule has 0 aliphatic heterocycles. The number of aryl methyl sites for hydroxylation is 2. The molecule has 3 N–H and O–H groups in total. The van der Waals surface area contributed by atoms with Gasteiger partial charge >= 0.3 is 6.09 Å². The number of rotatable bonds is 15. The Kier molecular flexibility index (Phi) is 14.3. The summed E-state index contributed by atoms with van der Waals surface area (Å²) in [5.74, 6) is -0.729. The largest absolute Gasteiger partial charge is 0.508 e. The van der Waals surface area contributed by atoms with Gasteiger partial charge in [-0.25, -0.2) is 4.79 Å². The van der Waals surface area contributed by atoms with E-state index in [0.717, 1.165) is 54.4 Å². The molecule has 3 aromatic rings. The molecule has 260 valence electrons. The van der Waals surface area contributed by atoms with E-state index in [-0.39, 0.29) is 12.2 Å². The number of benzene rings is 3. The molecule has 0 aliphatic rings. The number of phenols is 1. The van der Waals surface area contributed by atoms with E-state index in [2.05, 4.69) is 17.6 Å². The second-order valence-corrected chi connectivity index (χ2v) is 13.9. The van der Waals surface area contributed by atoms with Crippen molar-refractivity contribution in [3.05, 3.63) is 93.5 Å². The van der Waals surface area contributed by atoms with Gasteiger partial charge in [0.2, 0.25) is 5.91 Å². The second kappa shape index (κ2) is 17.9. The molecule has 0 bridgehead atoms. The van der Waals surface area contributed by atoms with Crippen molar-refractivity contribution in [3.63, 3.8) is 0 Å². The molecule has 3 rings (SSSR count). The minimum Gasteiger partial charge on any atom is -0.508 e. The molecule has 9 heteroatoms. The molecule has 2 unspecified atom stereocenters. The highest BCUT2D eigenvalue weighted by molar-refractivity contribution is 6.34. The van der Waals surface area contributed by atoms with Gasteiger partial charge in [-0.3, -0.25) is 9.59 Å². The minimum absolute atomic E-state index is 0.0907. The van der Waals surface area contributed by atoms with Gasteiger partial charge in [0.05, 0.1) is 10.7 Å². The van der Waals surface area contributed by atoms with E-state index in [0.29, 0.717) is 29.2 Å². The van der Waals surface area contributed by atoms with Gasteiger partial charge in [-0.15, -0.1) is 0 Å². The van der Waals surface area contributed by atoms with Crippen LogP contribution in [-0.2, 0) is 20.7 Å². The maximum Gasteiger partial charge on any atom is 0.408 e. The third-order valence-electron chi connectivity index (χ3n) is 8.37. The van der Waals surface area contributed by atoms with Gasteiger partial charge in [-0.1, -0.05) is 93.1 Å². The standard InChI is InChI=1S/C39H52ClN3O5/c1-8-9-10-11-12-13-24-43(37(46)33(41-38(47)48-39(5,6)7)25-29-20-22-30(44)23-21-29)35(31-18-14-16-26(2)28(31)4)36(45)42-34-27(3)17-15-19-32(34)40/h14-23,33,35,44H,8-13,24-25H2,1-7H3,(H,41,47)(H,42,45). The smallest absolute Gasteiger partial charge is 0.408 e. The van der Waals surface area contributed by atoms with Gasteiger partial charge in [-0.2, -0.15) is 0 Å². The molecule has 0 spiro atoms. The zero-order valence-electron chi connectivity index (χ0n) is 29.5. The monoisotopic (exact) mass is 677 g/mol. The SMILES string of the molecule is CCCCCCCCN(C(=O)C(Cc1ccc(O)cc1)NC(=O)OC(C)(C)C)C(C(=O)Nc1c(C)cccc1Cl)c1cccc(C)c1C. The first-order valence-electron chi connectivity index (χ1n) is 16.9. The number of aromatic hydroxyl groups is 1. The van der Waals surface area contributed by atoms with E-state index >= 15 is 0 Å².